The van der Waals surface area contributed by atoms with Gasteiger partial charge in [-0.05, 0) is 49.7 Å². The summed E-state index contributed by atoms with van der Waals surface area (Å²) in [5, 5.41) is 9.64. The molecule has 5 nitrogen and oxygen atoms in total. The fourth-order valence-corrected chi connectivity index (χ4v) is 2.71. The number of amides is 1. The molecule has 1 fully saturated rings. The number of piperidine rings is 1. The summed E-state index contributed by atoms with van der Waals surface area (Å²) in [5.41, 5.74) is -0.0244. The highest BCUT2D eigenvalue weighted by atomic mass is 19.4. The predicted octanol–water partition coefficient (Wildman–Crippen LogP) is 2.97. The molecule has 1 saturated heterocycles. The van der Waals surface area contributed by atoms with Gasteiger partial charge in [-0.15, -0.1) is 0 Å². The average molecular weight is 338 g/mol. The quantitative estimate of drug-likeness (QED) is 0.905. The zero-order valence-corrected chi connectivity index (χ0v) is 12.8. The Morgan fingerprint density at radius 1 is 1.21 bits per heavy atom. The Labute approximate surface area is 136 Å². The molecule has 2 aromatic rings. The van der Waals surface area contributed by atoms with Crippen molar-refractivity contribution in [1.29, 1.82) is 0 Å². The Morgan fingerprint density at radius 2 is 1.96 bits per heavy atom. The van der Waals surface area contributed by atoms with Crippen molar-refractivity contribution >= 4 is 11.6 Å². The van der Waals surface area contributed by atoms with E-state index in [-0.39, 0.29) is 17.6 Å². The lowest BCUT2D eigenvalue weighted by atomic mass is 10.0. The molecule has 128 valence electrons. The van der Waals surface area contributed by atoms with Crippen LogP contribution in [0.1, 0.15) is 25.0 Å². The molecule has 0 saturated carbocycles. The number of nitrogens with one attached hydrogen (secondary N) is 2. The van der Waals surface area contributed by atoms with Crippen LogP contribution in [-0.2, 0) is 11.0 Å². The summed E-state index contributed by atoms with van der Waals surface area (Å²) in [7, 11) is 0. The van der Waals surface area contributed by atoms with Crippen LogP contribution >= 0.6 is 0 Å². The summed E-state index contributed by atoms with van der Waals surface area (Å²) in [6.07, 6.45) is -0.525. The van der Waals surface area contributed by atoms with Gasteiger partial charge in [0.25, 0.3) is 0 Å². The lowest BCUT2D eigenvalue weighted by Crippen LogP contribution is -2.43. The van der Waals surface area contributed by atoms with Crippen molar-refractivity contribution in [1.82, 2.24) is 15.1 Å². The van der Waals surface area contributed by atoms with Crippen LogP contribution in [0.15, 0.2) is 36.5 Å². The Kier molecular flexibility index (Phi) is 4.57. The molecule has 24 heavy (non-hydrogen) atoms. The van der Waals surface area contributed by atoms with Gasteiger partial charge in [0.2, 0.25) is 5.91 Å². The second-order valence-corrected chi connectivity index (χ2v) is 5.66. The van der Waals surface area contributed by atoms with Gasteiger partial charge in [0.1, 0.15) is 5.69 Å². The minimum absolute atomic E-state index is 0.127. The van der Waals surface area contributed by atoms with Crippen molar-refractivity contribution < 1.29 is 18.0 Å². The smallest absolute Gasteiger partial charge is 0.325 e. The fraction of sp³-hybridized carbons (Fsp3) is 0.375. The number of hydrogen-bond donors (Lipinski definition) is 2. The number of anilines is 1. The van der Waals surface area contributed by atoms with Crippen LogP contribution in [0.25, 0.3) is 5.69 Å². The lowest BCUT2D eigenvalue weighted by molar-refractivity contribution is -0.142. The van der Waals surface area contributed by atoms with Crippen molar-refractivity contribution in [3.8, 4) is 5.69 Å². The summed E-state index contributed by atoms with van der Waals surface area (Å²) in [4.78, 5) is 12.1. The number of carbonyl (C=O) groups excluding carboxylic acids is 1. The van der Waals surface area contributed by atoms with Crippen LogP contribution in [0.2, 0.25) is 0 Å². The van der Waals surface area contributed by atoms with Gasteiger partial charge in [-0.3, -0.25) is 4.79 Å². The molecule has 1 aromatic carbocycles. The van der Waals surface area contributed by atoms with Crippen molar-refractivity contribution in [2.75, 3.05) is 11.9 Å². The third kappa shape index (κ3) is 3.59. The molecular weight excluding hydrogens is 321 g/mol. The third-order valence-corrected chi connectivity index (χ3v) is 3.94. The van der Waals surface area contributed by atoms with E-state index >= 15 is 0 Å². The molecule has 1 amide bonds. The second kappa shape index (κ2) is 6.64. The third-order valence-electron chi connectivity index (χ3n) is 3.94. The van der Waals surface area contributed by atoms with E-state index in [0.29, 0.717) is 5.69 Å². The lowest BCUT2D eigenvalue weighted by Gasteiger charge is -2.22. The number of carbonyl (C=O) groups is 1. The maximum Gasteiger partial charge on any atom is 0.433 e. The average Bonchev–Trinajstić information content (AvgIpc) is 3.06. The van der Waals surface area contributed by atoms with Crippen molar-refractivity contribution in [3.05, 3.63) is 42.2 Å². The van der Waals surface area contributed by atoms with Crippen LogP contribution in [0.4, 0.5) is 18.9 Å². The van der Waals surface area contributed by atoms with E-state index in [9.17, 15) is 18.0 Å². The maximum absolute atomic E-state index is 12.9. The summed E-state index contributed by atoms with van der Waals surface area (Å²) < 4.78 is 39.5. The van der Waals surface area contributed by atoms with Crippen molar-refractivity contribution in [3.63, 3.8) is 0 Å². The van der Waals surface area contributed by atoms with Gasteiger partial charge in [-0.2, -0.15) is 18.3 Å². The molecular formula is C16H17F3N4O. The minimum atomic E-state index is -4.48. The SMILES string of the molecule is O=C(Nc1ccc(-n2nccc2C(F)(F)F)cc1)C1CCCCN1. The number of benzene rings is 1. The number of rotatable bonds is 3. The van der Waals surface area contributed by atoms with Gasteiger partial charge in [-0.1, -0.05) is 6.42 Å². The first-order valence-corrected chi connectivity index (χ1v) is 7.71. The minimum Gasteiger partial charge on any atom is -0.325 e. The van der Waals surface area contributed by atoms with Crippen molar-refractivity contribution in [2.45, 2.75) is 31.5 Å². The zero-order chi connectivity index (χ0) is 17.2. The topological polar surface area (TPSA) is 59.0 Å². The highest BCUT2D eigenvalue weighted by Crippen LogP contribution is 2.30. The first kappa shape index (κ1) is 16.5. The Bertz CT molecular complexity index is 703. The molecule has 1 atom stereocenters. The number of aromatic nitrogens is 2. The molecule has 1 aliphatic rings. The fourth-order valence-electron chi connectivity index (χ4n) is 2.71. The summed E-state index contributed by atoms with van der Waals surface area (Å²) in [6, 6.07) is 6.82. The Hall–Kier alpha value is -2.35. The molecule has 0 bridgehead atoms. The van der Waals surface area contributed by atoms with E-state index in [4.69, 9.17) is 0 Å². The van der Waals surface area contributed by atoms with Crippen LogP contribution < -0.4 is 10.6 Å². The molecule has 1 aromatic heterocycles. The molecule has 0 spiro atoms. The number of alkyl halides is 3. The van der Waals surface area contributed by atoms with E-state index < -0.39 is 11.9 Å². The van der Waals surface area contributed by atoms with E-state index in [1.807, 2.05) is 0 Å². The molecule has 2 N–H and O–H groups in total. The summed E-state index contributed by atoms with van der Waals surface area (Å²) in [5.74, 6) is -0.127. The van der Waals surface area contributed by atoms with Gasteiger partial charge in [0.15, 0.2) is 0 Å². The number of nitrogens with zero attached hydrogens (tertiary/aromatic N) is 2. The molecule has 0 radical (unpaired) electrons. The van der Waals surface area contributed by atoms with Gasteiger partial charge in [0.05, 0.1) is 17.9 Å². The molecule has 3 rings (SSSR count). The van der Waals surface area contributed by atoms with Gasteiger partial charge in [-0.25, -0.2) is 4.68 Å². The molecule has 1 unspecified atom stereocenters. The normalized spacial score (nSPS) is 18.4. The van der Waals surface area contributed by atoms with Crippen LogP contribution in [0, 0.1) is 0 Å². The van der Waals surface area contributed by atoms with Crippen molar-refractivity contribution in [2.24, 2.45) is 0 Å². The standard InChI is InChI=1S/C16H17F3N4O/c17-16(18,19)14-8-10-21-23(14)12-6-4-11(5-7-12)22-15(24)13-3-1-2-9-20-13/h4-8,10,13,20H,1-3,9H2,(H,22,24). The first-order chi connectivity index (χ1) is 11.4. The highest BCUT2D eigenvalue weighted by Gasteiger charge is 2.35. The van der Waals surface area contributed by atoms with Crippen LogP contribution in [0.5, 0.6) is 0 Å². The zero-order valence-electron chi connectivity index (χ0n) is 12.8. The van der Waals surface area contributed by atoms with E-state index in [1.165, 1.54) is 12.1 Å². The monoisotopic (exact) mass is 338 g/mol. The first-order valence-electron chi connectivity index (χ1n) is 7.71. The molecule has 8 heteroatoms. The molecule has 1 aliphatic heterocycles. The van der Waals surface area contributed by atoms with Crippen LogP contribution in [0.3, 0.4) is 0 Å². The number of hydrogen-bond acceptors (Lipinski definition) is 3. The largest absolute Gasteiger partial charge is 0.433 e. The Morgan fingerprint density at radius 3 is 2.58 bits per heavy atom. The summed E-state index contributed by atoms with van der Waals surface area (Å²) >= 11 is 0. The Balaban J connectivity index is 1.72. The second-order valence-electron chi connectivity index (χ2n) is 5.66. The molecule has 0 aliphatic carbocycles. The van der Waals surface area contributed by atoms with Crippen LogP contribution in [-0.4, -0.2) is 28.3 Å². The van der Waals surface area contributed by atoms with E-state index in [2.05, 4.69) is 15.7 Å². The molecule has 2 heterocycles. The van der Waals surface area contributed by atoms with Gasteiger partial charge >= 0.3 is 6.18 Å². The highest BCUT2D eigenvalue weighted by molar-refractivity contribution is 5.94. The predicted molar refractivity (Wildman–Crippen MR) is 82.8 cm³/mol. The number of halogens is 3. The van der Waals surface area contributed by atoms with E-state index in [0.717, 1.165) is 42.8 Å². The summed E-state index contributed by atoms with van der Waals surface area (Å²) in [6.45, 7) is 0.816. The van der Waals surface area contributed by atoms with Gasteiger partial charge < -0.3 is 10.6 Å². The maximum atomic E-state index is 12.9. The van der Waals surface area contributed by atoms with E-state index in [1.54, 1.807) is 12.1 Å². The van der Waals surface area contributed by atoms with Gasteiger partial charge in [0, 0.05) is 5.69 Å².